The second-order valence-electron chi connectivity index (χ2n) is 9.51. The molecule has 0 aliphatic carbocycles. The van der Waals surface area contributed by atoms with Crippen LogP contribution in [0, 0.1) is 5.92 Å². The maximum Gasteiger partial charge on any atom is 0.219 e. The number of carbonyl (C=O) groups excluding carboxylic acids is 1. The zero-order valence-electron chi connectivity index (χ0n) is 20.1. The summed E-state index contributed by atoms with van der Waals surface area (Å²) in [6.07, 6.45) is 2.54. The second-order valence-corrected chi connectivity index (χ2v) is 9.51. The molecule has 0 fully saturated rings. The molecular weight excluding hydrogens is 386 g/mol. The first-order valence-corrected chi connectivity index (χ1v) is 11.4. The topological polar surface area (TPSA) is 60.8 Å². The number of carbonyl (C=O) groups is 1. The lowest BCUT2D eigenvalue weighted by Crippen LogP contribution is -2.41. The first-order valence-electron chi connectivity index (χ1n) is 11.4. The smallest absolute Gasteiger partial charge is 0.219 e. The number of aromatic hydroxyl groups is 2. The highest BCUT2D eigenvalue weighted by molar-refractivity contribution is 5.73. The summed E-state index contributed by atoms with van der Waals surface area (Å²) in [5.41, 5.74) is 4.30. The third-order valence-corrected chi connectivity index (χ3v) is 6.37. The lowest BCUT2D eigenvalue weighted by Gasteiger charge is -2.33. The van der Waals surface area contributed by atoms with Crippen LogP contribution in [0.2, 0.25) is 0 Å². The molecule has 0 heterocycles. The lowest BCUT2D eigenvalue weighted by atomic mass is 9.87. The number of rotatable bonds is 9. The van der Waals surface area contributed by atoms with Crippen molar-refractivity contribution in [1.29, 1.82) is 0 Å². The van der Waals surface area contributed by atoms with Gasteiger partial charge < -0.3 is 15.1 Å². The molecule has 0 bridgehead atoms. The van der Waals surface area contributed by atoms with Gasteiger partial charge in [0.05, 0.1) is 0 Å². The van der Waals surface area contributed by atoms with E-state index in [-0.39, 0.29) is 29.7 Å². The molecule has 2 atom stereocenters. The summed E-state index contributed by atoms with van der Waals surface area (Å²) < 4.78 is 0. The number of hydrogen-bond acceptors (Lipinski definition) is 3. The van der Waals surface area contributed by atoms with Gasteiger partial charge in [0.2, 0.25) is 5.91 Å². The third-order valence-electron chi connectivity index (χ3n) is 6.37. The molecule has 2 aromatic carbocycles. The van der Waals surface area contributed by atoms with Gasteiger partial charge in [0, 0.05) is 20.0 Å². The fraction of sp³-hybridized carbons (Fsp3) is 0.519. The van der Waals surface area contributed by atoms with Gasteiger partial charge in [-0.25, -0.2) is 0 Å². The van der Waals surface area contributed by atoms with E-state index in [1.165, 1.54) is 11.1 Å². The Balaban J connectivity index is 2.20. The first-order chi connectivity index (χ1) is 14.5. The normalized spacial score (nSPS) is 13.5. The van der Waals surface area contributed by atoms with E-state index in [1.807, 2.05) is 24.1 Å². The average molecular weight is 426 g/mol. The largest absolute Gasteiger partial charge is 0.508 e. The summed E-state index contributed by atoms with van der Waals surface area (Å²) in [5.74, 6) is 1.55. The zero-order valence-corrected chi connectivity index (χ0v) is 20.1. The highest BCUT2D eigenvalue weighted by atomic mass is 16.3. The van der Waals surface area contributed by atoms with Crippen molar-refractivity contribution in [2.45, 2.75) is 78.7 Å². The summed E-state index contributed by atoms with van der Waals surface area (Å²) in [7, 11) is 1.89. The van der Waals surface area contributed by atoms with Gasteiger partial charge in [-0.15, -0.1) is 0 Å². The van der Waals surface area contributed by atoms with E-state index in [0.29, 0.717) is 11.5 Å². The molecule has 2 N–H and O–H groups in total. The lowest BCUT2D eigenvalue weighted by molar-refractivity contribution is -0.130. The summed E-state index contributed by atoms with van der Waals surface area (Å²) in [6, 6.07) is 11.8. The van der Waals surface area contributed by atoms with Gasteiger partial charge >= 0.3 is 0 Å². The van der Waals surface area contributed by atoms with Crippen LogP contribution in [-0.4, -0.2) is 34.1 Å². The Hall–Kier alpha value is -2.49. The maximum absolute atomic E-state index is 12.2. The Bertz CT molecular complexity index is 888. The minimum absolute atomic E-state index is 0.0685. The van der Waals surface area contributed by atoms with Crippen molar-refractivity contribution in [2.75, 3.05) is 7.05 Å². The Labute approximate surface area is 187 Å². The molecule has 0 aliphatic heterocycles. The van der Waals surface area contributed by atoms with Crippen molar-refractivity contribution < 1.29 is 15.0 Å². The van der Waals surface area contributed by atoms with Crippen molar-refractivity contribution in [3.63, 3.8) is 0 Å². The molecule has 4 heteroatoms. The predicted octanol–water partition coefficient (Wildman–Crippen LogP) is 6.00. The Morgan fingerprint density at radius 1 is 0.871 bits per heavy atom. The molecule has 1 amide bonds. The van der Waals surface area contributed by atoms with Gasteiger partial charge in [-0.1, -0.05) is 58.9 Å². The van der Waals surface area contributed by atoms with Crippen LogP contribution in [0.15, 0.2) is 36.4 Å². The van der Waals surface area contributed by atoms with Crippen LogP contribution in [-0.2, 0) is 17.6 Å². The standard InChI is InChI=1S/C27H39NO3/c1-17(2)23-15-21(9-12-26(23)30)8-11-25(28(7)20(6)29)19(5)14-22-10-13-27(31)24(16-22)18(3)4/h9-10,12-13,15-19,25,30-31H,8,11,14H2,1-7H3. The SMILES string of the molecule is CC(=O)N(C)C(CCc1ccc(O)c(C(C)C)c1)C(C)Cc1ccc(O)c(C(C)C)c1. The summed E-state index contributed by atoms with van der Waals surface area (Å²) in [4.78, 5) is 14.0. The first kappa shape index (κ1) is 24.8. The Kier molecular flexibility index (Phi) is 8.55. The minimum atomic E-state index is 0.0685. The van der Waals surface area contributed by atoms with Gasteiger partial charge in [-0.3, -0.25) is 4.79 Å². The molecule has 170 valence electrons. The fourth-order valence-corrected chi connectivity index (χ4v) is 4.33. The van der Waals surface area contributed by atoms with Gasteiger partial charge in [0.15, 0.2) is 0 Å². The molecule has 0 spiro atoms. The van der Waals surface area contributed by atoms with Crippen LogP contribution in [0.25, 0.3) is 0 Å². The molecule has 31 heavy (non-hydrogen) atoms. The van der Waals surface area contributed by atoms with E-state index < -0.39 is 0 Å². The van der Waals surface area contributed by atoms with E-state index in [0.717, 1.165) is 30.4 Å². The number of phenols is 2. The number of amides is 1. The minimum Gasteiger partial charge on any atom is -0.508 e. The van der Waals surface area contributed by atoms with Crippen LogP contribution in [0.1, 0.15) is 82.1 Å². The van der Waals surface area contributed by atoms with Crippen molar-refractivity contribution in [3.05, 3.63) is 58.7 Å². The molecule has 0 aliphatic rings. The van der Waals surface area contributed by atoms with Crippen LogP contribution >= 0.6 is 0 Å². The van der Waals surface area contributed by atoms with Crippen LogP contribution in [0.3, 0.4) is 0 Å². The van der Waals surface area contributed by atoms with E-state index in [1.54, 1.807) is 19.1 Å². The molecular formula is C27H39NO3. The molecule has 2 aromatic rings. The molecule has 0 saturated carbocycles. The monoisotopic (exact) mass is 425 g/mol. The van der Waals surface area contributed by atoms with E-state index in [4.69, 9.17) is 0 Å². The van der Waals surface area contributed by atoms with Gasteiger partial charge in [-0.2, -0.15) is 0 Å². The van der Waals surface area contributed by atoms with Crippen LogP contribution in [0.4, 0.5) is 0 Å². The molecule has 2 rings (SSSR count). The van der Waals surface area contributed by atoms with E-state index in [9.17, 15) is 15.0 Å². The van der Waals surface area contributed by atoms with Crippen LogP contribution < -0.4 is 0 Å². The molecule has 2 unspecified atom stereocenters. The number of nitrogens with zero attached hydrogens (tertiary/aromatic N) is 1. The molecule has 0 saturated heterocycles. The number of phenolic OH excluding ortho intramolecular Hbond substituents is 2. The highest BCUT2D eigenvalue weighted by Gasteiger charge is 2.24. The zero-order chi connectivity index (χ0) is 23.3. The third kappa shape index (κ3) is 6.49. The van der Waals surface area contributed by atoms with E-state index >= 15 is 0 Å². The van der Waals surface area contributed by atoms with E-state index in [2.05, 4.69) is 46.8 Å². The summed E-state index contributed by atoms with van der Waals surface area (Å²) in [6.45, 7) is 12.1. The van der Waals surface area contributed by atoms with Crippen molar-refractivity contribution in [3.8, 4) is 11.5 Å². The average Bonchev–Trinajstić information content (AvgIpc) is 2.70. The predicted molar refractivity (Wildman–Crippen MR) is 128 cm³/mol. The van der Waals surface area contributed by atoms with Gasteiger partial charge in [-0.05, 0) is 71.4 Å². The van der Waals surface area contributed by atoms with Crippen molar-refractivity contribution in [2.24, 2.45) is 5.92 Å². The Morgan fingerprint density at radius 2 is 1.35 bits per heavy atom. The van der Waals surface area contributed by atoms with Gasteiger partial charge in [0.1, 0.15) is 11.5 Å². The second kappa shape index (κ2) is 10.7. The summed E-state index contributed by atoms with van der Waals surface area (Å²) in [5, 5.41) is 20.2. The number of benzene rings is 2. The molecule has 0 aromatic heterocycles. The maximum atomic E-state index is 12.2. The Morgan fingerprint density at radius 3 is 1.84 bits per heavy atom. The fourth-order valence-electron chi connectivity index (χ4n) is 4.33. The number of hydrogen-bond donors (Lipinski definition) is 2. The van der Waals surface area contributed by atoms with Crippen molar-refractivity contribution in [1.82, 2.24) is 4.90 Å². The quantitative estimate of drug-likeness (QED) is 0.518. The van der Waals surface area contributed by atoms with Gasteiger partial charge in [0.25, 0.3) is 0 Å². The summed E-state index contributed by atoms with van der Waals surface area (Å²) >= 11 is 0. The van der Waals surface area contributed by atoms with Crippen LogP contribution in [0.5, 0.6) is 11.5 Å². The number of aryl methyl sites for hydroxylation is 1. The molecule has 0 radical (unpaired) electrons. The molecule has 4 nitrogen and oxygen atoms in total. The van der Waals surface area contributed by atoms with Crippen molar-refractivity contribution >= 4 is 5.91 Å². The highest BCUT2D eigenvalue weighted by Crippen LogP contribution is 2.30.